The Morgan fingerprint density at radius 1 is 1.24 bits per heavy atom. The molecule has 0 radical (unpaired) electrons. The van der Waals surface area contributed by atoms with Crippen LogP contribution in [0.1, 0.15) is 65.7 Å². The third-order valence-electron chi connectivity index (χ3n) is 3.62. The van der Waals surface area contributed by atoms with E-state index in [4.69, 9.17) is 0 Å². The zero-order valence-corrected chi connectivity index (χ0v) is 13.7. The smallest absolute Gasteiger partial charge is 0.245 e. The van der Waals surface area contributed by atoms with Crippen molar-refractivity contribution in [2.75, 3.05) is 13.1 Å². The number of nitrogens with one attached hydrogen (secondary N) is 1. The first kappa shape index (κ1) is 19.6. The maximum Gasteiger partial charge on any atom is 0.245 e. The van der Waals surface area contributed by atoms with Crippen LogP contribution in [0.2, 0.25) is 0 Å². The number of rotatable bonds is 3. The standard InChI is InChI=1S/C7H10N2O3.C7H14.C2H6/c10-5-8-6(11)4-9-3-1-2-7(9)12;1-7-5-3-2-4-6-7;1-2/h5H,1-4H2,(H,8,10,11);7H,2-6H2,1H3;1-2H3. The number of amides is 3. The molecule has 2 rings (SSSR count). The van der Waals surface area contributed by atoms with Crippen LogP contribution < -0.4 is 5.32 Å². The molecule has 1 aliphatic heterocycles. The SMILES string of the molecule is CC.CC1CCCCC1.O=CNC(=O)CN1CCCC1=O. The molecule has 122 valence electrons. The summed E-state index contributed by atoms with van der Waals surface area (Å²) in [7, 11) is 0. The first-order chi connectivity index (χ1) is 10.1. The fraction of sp³-hybridized carbons (Fsp3) is 0.812. The molecular formula is C16H30N2O3. The van der Waals surface area contributed by atoms with Crippen molar-refractivity contribution in [3.05, 3.63) is 0 Å². The maximum absolute atomic E-state index is 11.0. The van der Waals surface area contributed by atoms with E-state index in [9.17, 15) is 14.4 Å². The van der Waals surface area contributed by atoms with Crippen molar-refractivity contribution in [3.63, 3.8) is 0 Å². The molecule has 2 aliphatic rings. The largest absolute Gasteiger partial charge is 0.333 e. The molecule has 1 aliphatic carbocycles. The van der Waals surface area contributed by atoms with E-state index in [1.807, 2.05) is 19.2 Å². The molecule has 2 fully saturated rings. The van der Waals surface area contributed by atoms with E-state index < -0.39 is 5.91 Å². The number of carbonyl (C=O) groups excluding carboxylic acids is 3. The summed E-state index contributed by atoms with van der Waals surface area (Å²) in [5, 5.41) is 1.98. The minimum Gasteiger partial charge on any atom is -0.333 e. The lowest BCUT2D eigenvalue weighted by atomic mass is 9.91. The molecule has 0 spiro atoms. The minimum atomic E-state index is -0.430. The van der Waals surface area contributed by atoms with Gasteiger partial charge in [0.15, 0.2) is 0 Å². The number of nitrogens with zero attached hydrogens (tertiary/aromatic N) is 1. The predicted molar refractivity (Wildman–Crippen MR) is 83.6 cm³/mol. The van der Waals surface area contributed by atoms with Gasteiger partial charge >= 0.3 is 0 Å². The van der Waals surface area contributed by atoms with Crippen LogP contribution >= 0.6 is 0 Å². The topological polar surface area (TPSA) is 66.5 Å². The third kappa shape index (κ3) is 9.21. The van der Waals surface area contributed by atoms with Crippen LogP contribution in [-0.2, 0) is 14.4 Å². The fourth-order valence-corrected chi connectivity index (χ4v) is 2.46. The minimum absolute atomic E-state index is 0.00241. The highest BCUT2D eigenvalue weighted by Crippen LogP contribution is 2.22. The van der Waals surface area contributed by atoms with Gasteiger partial charge < -0.3 is 4.90 Å². The van der Waals surface area contributed by atoms with Crippen LogP contribution in [0, 0.1) is 5.92 Å². The summed E-state index contributed by atoms with van der Waals surface area (Å²) in [5.41, 5.74) is 0. The number of imide groups is 1. The molecule has 0 atom stereocenters. The number of hydrogen-bond donors (Lipinski definition) is 1. The van der Waals surface area contributed by atoms with Crippen molar-refractivity contribution in [1.29, 1.82) is 0 Å². The molecule has 21 heavy (non-hydrogen) atoms. The average Bonchev–Trinajstić information content (AvgIpc) is 2.88. The highest BCUT2D eigenvalue weighted by Gasteiger charge is 2.21. The summed E-state index contributed by atoms with van der Waals surface area (Å²) in [5.74, 6) is 0.588. The number of hydrogen-bond acceptors (Lipinski definition) is 3. The molecule has 1 saturated heterocycles. The molecule has 0 bridgehead atoms. The van der Waals surface area contributed by atoms with E-state index in [1.54, 1.807) is 0 Å². The van der Waals surface area contributed by atoms with E-state index >= 15 is 0 Å². The zero-order chi connectivity index (χ0) is 16.1. The van der Waals surface area contributed by atoms with Gasteiger partial charge in [0.2, 0.25) is 18.2 Å². The van der Waals surface area contributed by atoms with Gasteiger partial charge in [0.25, 0.3) is 0 Å². The van der Waals surface area contributed by atoms with E-state index in [-0.39, 0.29) is 12.5 Å². The van der Waals surface area contributed by atoms with Crippen LogP contribution in [0.15, 0.2) is 0 Å². The van der Waals surface area contributed by atoms with Gasteiger partial charge in [-0.3, -0.25) is 19.7 Å². The Hall–Kier alpha value is -1.39. The van der Waals surface area contributed by atoms with Crippen LogP contribution in [0.3, 0.4) is 0 Å². The van der Waals surface area contributed by atoms with Crippen molar-refractivity contribution in [2.45, 2.75) is 65.7 Å². The molecule has 0 aromatic rings. The fourth-order valence-electron chi connectivity index (χ4n) is 2.46. The van der Waals surface area contributed by atoms with Gasteiger partial charge in [0.1, 0.15) is 0 Å². The lowest BCUT2D eigenvalue weighted by Crippen LogP contribution is -2.37. The maximum atomic E-state index is 11.0. The Balaban J connectivity index is 0.000000377. The number of likely N-dealkylation sites (tertiary alicyclic amines) is 1. The summed E-state index contributed by atoms with van der Waals surface area (Å²) in [6.45, 7) is 6.97. The second kappa shape index (κ2) is 12.4. The van der Waals surface area contributed by atoms with Crippen molar-refractivity contribution < 1.29 is 14.4 Å². The second-order valence-electron chi connectivity index (χ2n) is 5.35. The first-order valence-corrected chi connectivity index (χ1v) is 8.14. The molecule has 1 N–H and O–H groups in total. The van der Waals surface area contributed by atoms with Crippen molar-refractivity contribution in [2.24, 2.45) is 5.92 Å². The monoisotopic (exact) mass is 298 g/mol. The van der Waals surface area contributed by atoms with E-state index in [2.05, 4.69) is 6.92 Å². The number of carbonyl (C=O) groups is 3. The highest BCUT2D eigenvalue weighted by molar-refractivity contribution is 5.90. The van der Waals surface area contributed by atoms with Crippen LogP contribution in [0.25, 0.3) is 0 Å². The van der Waals surface area contributed by atoms with E-state index in [1.165, 1.54) is 37.0 Å². The van der Waals surface area contributed by atoms with E-state index in [0.717, 1.165) is 12.3 Å². The zero-order valence-electron chi connectivity index (χ0n) is 13.7. The third-order valence-corrected chi connectivity index (χ3v) is 3.62. The molecular weight excluding hydrogens is 268 g/mol. The van der Waals surface area contributed by atoms with Crippen LogP contribution in [0.4, 0.5) is 0 Å². The van der Waals surface area contributed by atoms with Gasteiger partial charge in [-0.15, -0.1) is 0 Å². The van der Waals surface area contributed by atoms with Gasteiger partial charge in [-0.1, -0.05) is 52.9 Å². The summed E-state index contributed by atoms with van der Waals surface area (Å²) in [4.78, 5) is 33.1. The molecule has 1 heterocycles. The lowest BCUT2D eigenvalue weighted by molar-refractivity contribution is -0.134. The normalized spacial score (nSPS) is 18.0. The predicted octanol–water partition coefficient (Wildman–Crippen LogP) is 2.49. The Morgan fingerprint density at radius 2 is 1.86 bits per heavy atom. The van der Waals surface area contributed by atoms with Gasteiger partial charge in [-0.05, 0) is 12.3 Å². The van der Waals surface area contributed by atoms with Gasteiger partial charge in [-0.2, -0.15) is 0 Å². The Morgan fingerprint density at radius 3 is 2.24 bits per heavy atom. The van der Waals surface area contributed by atoms with Crippen molar-refractivity contribution >= 4 is 18.2 Å². The van der Waals surface area contributed by atoms with Gasteiger partial charge in [0.05, 0.1) is 6.54 Å². The Kier molecular flexibility index (Phi) is 11.5. The second-order valence-corrected chi connectivity index (χ2v) is 5.35. The molecule has 0 aromatic heterocycles. The molecule has 5 nitrogen and oxygen atoms in total. The van der Waals surface area contributed by atoms with Crippen molar-refractivity contribution in [1.82, 2.24) is 10.2 Å². The Labute approximate surface area is 128 Å². The summed E-state index contributed by atoms with van der Waals surface area (Å²) >= 11 is 0. The van der Waals surface area contributed by atoms with Gasteiger partial charge in [0, 0.05) is 13.0 Å². The molecule has 0 aromatic carbocycles. The van der Waals surface area contributed by atoms with E-state index in [0.29, 0.717) is 19.4 Å². The van der Waals surface area contributed by atoms with Crippen LogP contribution in [-0.4, -0.2) is 36.2 Å². The van der Waals surface area contributed by atoms with Crippen molar-refractivity contribution in [3.8, 4) is 0 Å². The average molecular weight is 298 g/mol. The first-order valence-electron chi connectivity index (χ1n) is 8.14. The van der Waals surface area contributed by atoms with Crippen LogP contribution in [0.5, 0.6) is 0 Å². The summed E-state index contributed by atoms with van der Waals surface area (Å²) in [6.07, 6.45) is 9.07. The lowest BCUT2D eigenvalue weighted by Gasteiger charge is -2.15. The molecule has 3 amide bonds. The molecule has 1 saturated carbocycles. The Bertz CT molecular complexity index is 313. The molecule has 5 heteroatoms. The summed E-state index contributed by atoms with van der Waals surface area (Å²) < 4.78 is 0. The van der Waals surface area contributed by atoms with Gasteiger partial charge in [-0.25, -0.2) is 0 Å². The quantitative estimate of drug-likeness (QED) is 0.814. The molecule has 0 unspecified atom stereocenters. The summed E-state index contributed by atoms with van der Waals surface area (Å²) in [6, 6.07) is 0. The highest BCUT2D eigenvalue weighted by atomic mass is 16.2.